The third-order valence-electron chi connectivity index (χ3n) is 3.43. The van der Waals surface area contributed by atoms with Crippen LogP contribution in [0, 0.1) is 18.6 Å². The maximum atomic E-state index is 14.2. The summed E-state index contributed by atoms with van der Waals surface area (Å²) < 4.78 is 33.1. The van der Waals surface area contributed by atoms with Crippen molar-refractivity contribution in [2.45, 2.75) is 13.3 Å². The molecule has 2 aromatic carbocycles. The van der Waals surface area contributed by atoms with Gasteiger partial charge >= 0.3 is 5.97 Å². The maximum absolute atomic E-state index is 14.2. The number of aliphatic carboxylic acids is 1. The van der Waals surface area contributed by atoms with Crippen molar-refractivity contribution in [1.29, 1.82) is 0 Å². The largest absolute Gasteiger partial charge is 0.481 e. The van der Waals surface area contributed by atoms with E-state index in [0.717, 1.165) is 0 Å². The van der Waals surface area contributed by atoms with Crippen molar-refractivity contribution in [2.24, 2.45) is 0 Å². The number of carboxylic acid groups (broad SMARTS) is 1. The second-order valence-electron chi connectivity index (χ2n) is 5.01. The number of nitrogens with one attached hydrogen (secondary N) is 1. The van der Waals surface area contributed by atoms with Gasteiger partial charge in [0.2, 0.25) is 0 Å². The van der Waals surface area contributed by atoms with Crippen LogP contribution in [0.1, 0.15) is 11.1 Å². The van der Waals surface area contributed by atoms with Gasteiger partial charge in [0.15, 0.2) is 11.4 Å². The van der Waals surface area contributed by atoms with Gasteiger partial charge in [-0.15, -0.1) is 0 Å². The lowest BCUT2D eigenvalue weighted by atomic mass is 10.1. The minimum Gasteiger partial charge on any atom is -0.481 e. The first-order valence-electron chi connectivity index (χ1n) is 6.77. The molecule has 1 aromatic heterocycles. The Hall–Kier alpha value is -2.96. The van der Waals surface area contributed by atoms with Gasteiger partial charge in [-0.3, -0.25) is 4.79 Å². The van der Waals surface area contributed by atoms with Crippen LogP contribution in [0.15, 0.2) is 34.7 Å². The highest BCUT2D eigenvalue weighted by Crippen LogP contribution is 2.28. The van der Waals surface area contributed by atoms with E-state index in [4.69, 9.17) is 9.52 Å². The van der Waals surface area contributed by atoms with E-state index in [9.17, 15) is 13.6 Å². The number of oxazole rings is 1. The van der Waals surface area contributed by atoms with Gasteiger partial charge in [0.25, 0.3) is 6.01 Å². The second-order valence-corrected chi connectivity index (χ2v) is 5.01. The Bertz CT molecular complexity index is 906. The Morgan fingerprint density at radius 1 is 1.30 bits per heavy atom. The standard InChI is InChI=1S/C16H12F2N2O3/c1-8-10(17)3-2-4-11(8)19-16-20-12-6-5-9(7-13(21)22)14(18)15(12)23-16/h2-6H,7H2,1H3,(H,19,20)(H,21,22). The number of benzene rings is 2. The van der Waals surface area contributed by atoms with Crippen molar-refractivity contribution in [3.05, 3.63) is 53.1 Å². The molecule has 3 rings (SSSR count). The molecule has 0 spiro atoms. The molecule has 0 aliphatic rings. The van der Waals surface area contributed by atoms with Gasteiger partial charge in [0, 0.05) is 16.8 Å². The number of carbonyl (C=O) groups is 1. The topological polar surface area (TPSA) is 75.4 Å². The number of anilines is 2. The molecule has 0 amide bonds. The molecule has 0 saturated heterocycles. The van der Waals surface area contributed by atoms with Gasteiger partial charge in [-0.2, -0.15) is 4.98 Å². The zero-order chi connectivity index (χ0) is 16.6. The van der Waals surface area contributed by atoms with E-state index in [1.54, 1.807) is 13.0 Å². The highest BCUT2D eigenvalue weighted by Gasteiger charge is 2.16. The quantitative estimate of drug-likeness (QED) is 0.765. The van der Waals surface area contributed by atoms with Crippen LogP contribution in [0.5, 0.6) is 0 Å². The summed E-state index contributed by atoms with van der Waals surface area (Å²) in [5.74, 6) is -2.29. The molecule has 0 bridgehead atoms. The molecule has 3 aromatic rings. The molecule has 118 valence electrons. The van der Waals surface area contributed by atoms with Crippen LogP contribution in [0.4, 0.5) is 20.5 Å². The van der Waals surface area contributed by atoms with Crippen LogP contribution in [0.3, 0.4) is 0 Å². The van der Waals surface area contributed by atoms with E-state index < -0.39 is 18.2 Å². The number of rotatable bonds is 4. The maximum Gasteiger partial charge on any atom is 0.307 e. The fourth-order valence-corrected chi connectivity index (χ4v) is 2.21. The number of carboxylic acids is 1. The molecular weight excluding hydrogens is 306 g/mol. The molecule has 23 heavy (non-hydrogen) atoms. The fourth-order valence-electron chi connectivity index (χ4n) is 2.21. The summed E-state index contributed by atoms with van der Waals surface area (Å²) in [6, 6.07) is 7.32. The zero-order valence-corrected chi connectivity index (χ0v) is 12.1. The number of nitrogens with zero attached hydrogens (tertiary/aromatic N) is 1. The zero-order valence-electron chi connectivity index (χ0n) is 12.1. The molecule has 1 heterocycles. The molecule has 0 radical (unpaired) electrons. The van der Waals surface area contributed by atoms with E-state index in [-0.39, 0.29) is 28.5 Å². The van der Waals surface area contributed by atoms with Crippen molar-refractivity contribution in [1.82, 2.24) is 4.98 Å². The summed E-state index contributed by atoms with van der Waals surface area (Å²) in [5.41, 5.74) is 0.938. The van der Waals surface area contributed by atoms with Crippen LogP contribution >= 0.6 is 0 Å². The summed E-state index contributed by atoms with van der Waals surface area (Å²) in [5, 5.41) is 11.5. The highest BCUT2D eigenvalue weighted by atomic mass is 19.1. The lowest BCUT2D eigenvalue weighted by molar-refractivity contribution is -0.136. The van der Waals surface area contributed by atoms with Crippen LogP contribution in [0.25, 0.3) is 11.1 Å². The predicted octanol–water partition coefficient (Wildman–Crippen LogP) is 3.79. The lowest BCUT2D eigenvalue weighted by Gasteiger charge is -2.05. The monoisotopic (exact) mass is 318 g/mol. The van der Waals surface area contributed by atoms with Crippen molar-refractivity contribution >= 4 is 28.8 Å². The number of aromatic nitrogens is 1. The Labute approximate surface area is 129 Å². The van der Waals surface area contributed by atoms with E-state index >= 15 is 0 Å². The molecular formula is C16H12F2N2O3. The molecule has 0 saturated carbocycles. The van der Waals surface area contributed by atoms with Crippen molar-refractivity contribution in [3.8, 4) is 0 Å². The summed E-state index contributed by atoms with van der Waals surface area (Å²) in [4.78, 5) is 14.8. The third kappa shape index (κ3) is 2.85. The number of halogens is 2. The van der Waals surface area contributed by atoms with Crippen LogP contribution in [0.2, 0.25) is 0 Å². The van der Waals surface area contributed by atoms with Crippen molar-refractivity contribution in [3.63, 3.8) is 0 Å². The summed E-state index contributed by atoms with van der Waals surface area (Å²) in [6.07, 6.45) is -0.450. The van der Waals surface area contributed by atoms with Gasteiger partial charge in [-0.1, -0.05) is 12.1 Å². The Morgan fingerprint density at radius 2 is 2.09 bits per heavy atom. The summed E-state index contributed by atoms with van der Waals surface area (Å²) >= 11 is 0. The van der Waals surface area contributed by atoms with Crippen LogP contribution < -0.4 is 5.32 Å². The molecule has 0 aliphatic heterocycles. The minimum atomic E-state index is -1.14. The van der Waals surface area contributed by atoms with Gasteiger partial charge in [-0.05, 0) is 25.1 Å². The number of hydrogen-bond acceptors (Lipinski definition) is 4. The first-order chi connectivity index (χ1) is 11.0. The number of hydrogen-bond donors (Lipinski definition) is 2. The second kappa shape index (κ2) is 5.68. The molecule has 5 nitrogen and oxygen atoms in total. The van der Waals surface area contributed by atoms with Gasteiger partial charge < -0.3 is 14.8 Å². The Kier molecular flexibility index (Phi) is 3.69. The molecule has 0 atom stereocenters. The molecule has 7 heteroatoms. The smallest absolute Gasteiger partial charge is 0.307 e. The third-order valence-corrected chi connectivity index (χ3v) is 3.43. The van der Waals surface area contributed by atoms with Gasteiger partial charge in [-0.25, -0.2) is 8.78 Å². The van der Waals surface area contributed by atoms with Crippen LogP contribution in [-0.4, -0.2) is 16.1 Å². The fraction of sp³-hybridized carbons (Fsp3) is 0.125. The molecule has 0 unspecified atom stereocenters. The number of fused-ring (bicyclic) bond motifs is 1. The van der Waals surface area contributed by atoms with Crippen molar-refractivity contribution in [2.75, 3.05) is 5.32 Å². The van der Waals surface area contributed by atoms with E-state index in [0.29, 0.717) is 11.3 Å². The normalized spacial score (nSPS) is 10.9. The van der Waals surface area contributed by atoms with E-state index in [1.165, 1.54) is 24.3 Å². The molecule has 0 fully saturated rings. The molecule has 2 N–H and O–H groups in total. The average Bonchev–Trinajstić information content (AvgIpc) is 2.90. The van der Waals surface area contributed by atoms with E-state index in [1.807, 2.05) is 0 Å². The highest BCUT2D eigenvalue weighted by molar-refractivity contribution is 5.79. The Balaban J connectivity index is 1.98. The lowest BCUT2D eigenvalue weighted by Crippen LogP contribution is -2.02. The van der Waals surface area contributed by atoms with Crippen LogP contribution in [-0.2, 0) is 11.2 Å². The van der Waals surface area contributed by atoms with E-state index in [2.05, 4.69) is 10.3 Å². The Morgan fingerprint density at radius 3 is 2.83 bits per heavy atom. The first kappa shape index (κ1) is 15.0. The summed E-state index contributed by atoms with van der Waals surface area (Å²) in [6.45, 7) is 1.59. The van der Waals surface area contributed by atoms with Gasteiger partial charge in [0.05, 0.1) is 6.42 Å². The summed E-state index contributed by atoms with van der Waals surface area (Å²) in [7, 11) is 0. The SMILES string of the molecule is Cc1c(F)cccc1Nc1nc2ccc(CC(=O)O)c(F)c2o1. The minimum absolute atomic E-state index is 0.0000694. The first-order valence-corrected chi connectivity index (χ1v) is 6.77. The van der Waals surface area contributed by atoms with Gasteiger partial charge in [0.1, 0.15) is 11.3 Å². The average molecular weight is 318 g/mol. The predicted molar refractivity (Wildman–Crippen MR) is 79.7 cm³/mol. The molecule has 0 aliphatic carbocycles. The van der Waals surface area contributed by atoms with Crippen molar-refractivity contribution < 1.29 is 23.1 Å².